The molecule has 0 fully saturated rings. The molecule has 0 unspecified atom stereocenters. The smallest absolute Gasteiger partial charge is 0.0248 e. The average molecular weight is 242 g/mol. The molecular formula is C18H26. The van der Waals surface area contributed by atoms with E-state index < -0.39 is 0 Å². The van der Waals surface area contributed by atoms with E-state index in [1.54, 1.807) is 0 Å². The highest BCUT2D eigenvalue weighted by Gasteiger charge is 2.20. The van der Waals surface area contributed by atoms with Gasteiger partial charge in [0.15, 0.2) is 0 Å². The van der Waals surface area contributed by atoms with Crippen molar-refractivity contribution in [1.82, 2.24) is 0 Å². The van der Waals surface area contributed by atoms with Crippen LogP contribution in [0.3, 0.4) is 0 Å². The highest BCUT2D eigenvalue weighted by Crippen LogP contribution is 2.30. The number of hydrogen-bond acceptors (Lipinski definition) is 0. The van der Waals surface area contributed by atoms with Crippen LogP contribution < -0.4 is 0 Å². The first-order chi connectivity index (χ1) is 8.45. The maximum Gasteiger partial charge on any atom is 0.0248 e. The molecule has 0 nitrogen and oxygen atoms in total. The molecule has 0 aliphatic carbocycles. The third kappa shape index (κ3) is 4.57. The van der Waals surface area contributed by atoms with Crippen LogP contribution in [0.25, 0.3) is 0 Å². The van der Waals surface area contributed by atoms with Crippen molar-refractivity contribution in [2.45, 2.75) is 59.3 Å². The van der Waals surface area contributed by atoms with Crippen LogP contribution in [0.1, 0.15) is 65.0 Å². The Kier molecular flexibility index (Phi) is 5.48. The normalized spacial score (nSPS) is 11.2. The first kappa shape index (κ1) is 14.8. The first-order valence-electron chi connectivity index (χ1n) is 7.05. The summed E-state index contributed by atoms with van der Waals surface area (Å²) >= 11 is 0. The summed E-state index contributed by atoms with van der Waals surface area (Å²) in [5.74, 6) is 7.14. The first-order valence-corrected chi connectivity index (χ1v) is 7.05. The molecule has 0 aromatic heterocycles. The SMILES string of the molecule is CCC#Cc1cccc(C(C)(C)CCC(C)C)c1. The zero-order chi connectivity index (χ0) is 13.6. The average Bonchev–Trinajstić information content (AvgIpc) is 2.34. The fourth-order valence-corrected chi connectivity index (χ4v) is 2.00. The lowest BCUT2D eigenvalue weighted by atomic mass is 9.78. The molecule has 0 spiro atoms. The minimum Gasteiger partial charge on any atom is -0.0982 e. The minimum absolute atomic E-state index is 0.244. The van der Waals surface area contributed by atoms with E-state index in [2.05, 4.69) is 70.7 Å². The van der Waals surface area contributed by atoms with Crippen molar-refractivity contribution in [3.05, 3.63) is 35.4 Å². The van der Waals surface area contributed by atoms with Gasteiger partial charge in [0.1, 0.15) is 0 Å². The highest BCUT2D eigenvalue weighted by molar-refractivity contribution is 5.39. The van der Waals surface area contributed by atoms with Gasteiger partial charge in [0.2, 0.25) is 0 Å². The number of rotatable bonds is 4. The van der Waals surface area contributed by atoms with Crippen molar-refractivity contribution in [1.29, 1.82) is 0 Å². The molecule has 0 saturated heterocycles. The highest BCUT2D eigenvalue weighted by atomic mass is 14.2. The third-order valence-corrected chi connectivity index (χ3v) is 3.40. The predicted molar refractivity (Wildman–Crippen MR) is 80.7 cm³/mol. The van der Waals surface area contributed by atoms with Crippen LogP contribution in [0.15, 0.2) is 24.3 Å². The molecule has 0 aliphatic heterocycles. The summed E-state index contributed by atoms with van der Waals surface area (Å²) in [7, 11) is 0. The van der Waals surface area contributed by atoms with E-state index in [0.717, 1.165) is 17.9 Å². The van der Waals surface area contributed by atoms with E-state index in [1.165, 1.54) is 18.4 Å². The third-order valence-electron chi connectivity index (χ3n) is 3.40. The zero-order valence-electron chi connectivity index (χ0n) is 12.5. The Morgan fingerprint density at radius 3 is 2.56 bits per heavy atom. The monoisotopic (exact) mass is 242 g/mol. The van der Waals surface area contributed by atoms with Gasteiger partial charge in [0.05, 0.1) is 0 Å². The van der Waals surface area contributed by atoms with E-state index in [-0.39, 0.29) is 5.41 Å². The summed E-state index contributed by atoms with van der Waals surface area (Å²) in [6.07, 6.45) is 3.42. The molecule has 18 heavy (non-hydrogen) atoms. The molecule has 0 amide bonds. The van der Waals surface area contributed by atoms with Crippen LogP contribution in [0.2, 0.25) is 0 Å². The van der Waals surface area contributed by atoms with Crippen LogP contribution in [-0.2, 0) is 5.41 Å². The quantitative estimate of drug-likeness (QED) is 0.640. The van der Waals surface area contributed by atoms with Gasteiger partial charge in [-0.05, 0) is 35.4 Å². The second-order valence-electron chi connectivity index (χ2n) is 6.05. The standard InChI is InChI=1S/C18H26/c1-6-7-9-16-10-8-11-17(14-16)18(4,5)13-12-15(2)3/h8,10-11,14-15H,6,12-13H2,1-5H3. The van der Waals surface area contributed by atoms with Gasteiger partial charge in [-0.25, -0.2) is 0 Å². The summed E-state index contributed by atoms with van der Waals surface area (Å²) in [6.45, 7) is 11.3. The van der Waals surface area contributed by atoms with E-state index in [9.17, 15) is 0 Å². The van der Waals surface area contributed by atoms with Crippen molar-refractivity contribution < 1.29 is 0 Å². The Morgan fingerprint density at radius 2 is 1.94 bits per heavy atom. The lowest BCUT2D eigenvalue weighted by Crippen LogP contribution is -2.18. The van der Waals surface area contributed by atoms with Crippen LogP contribution in [0, 0.1) is 17.8 Å². The molecule has 0 atom stereocenters. The van der Waals surface area contributed by atoms with Crippen LogP contribution in [0.5, 0.6) is 0 Å². The Morgan fingerprint density at radius 1 is 1.22 bits per heavy atom. The van der Waals surface area contributed by atoms with Crippen LogP contribution in [-0.4, -0.2) is 0 Å². The van der Waals surface area contributed by atoms with Gasteiger partial charge in [-0.1, -0.05) is 65.0 Å². The summed E-state index contributed by atoms with van der Waals surface area (Å²) in [5.41, 5.74) is 2.80. The second-order valence-corrected chi connectivity index (χ2v) is 6.05. The molecule has 0 saturated carbocycles. The molecule has 0 N–H and O–H groups in total. The van der Waals surface area contributed by atoms with Crippen molar-refractivity contribution in [3.8, 4) is 11.8 Å². The molecule has 1 aromatic rings. The second kappa shape index (κ2) is 6.64. The largest absolute Gasteiger partial charge is 0.0982 e. The van der Waals surface area contributed by atoms with E-state index >= 15 is 0 Å². The predicted octanol–water partition coefficient (Wildman–Crippen LogP) is 5.16. The molecule has 1 aromatic carbocycles. The van der Waals surface area contributed by atoms with Crippen molar-refractivity contribution >= 4 is 0 Å². The molecule has 1 rings (SSSR count). The minimum atomic E-state index is 0.244. The summed E-state index contributed by atoms with van der Waals surface area (Å²) in [6, 6.07) is 8.72. The summed E-state index contributed by atoms with van der Waals surface area (Å²) < 4.78 is 0. The maximum absolute atomic E-state index is 3.22. The molecule has 0 heterocycles. The fraction of sp³-hybridized carbons (Fsp3) is 0.556. The zero-order valence-corrected chi connectivity index (χ0v) is 12.5. The summed E-state index contributed by atoms with van der Waals surface area (Å²) in [4.78, 5) is 0. The van der Waals surface area contributed by atoms with Crippen LogP contribution in [0.4, 0.5) is 0 Å². The Hall–Kier alpha value is -1.22. The van der Waals surface area contributed by atoms with Gasteiger partial charge in [-0.15, -0.1) is 0 Å². The molecule has 0 heteroatoms. The Labute approximate surface area is 113 Å². The maximum atomic E-state index is 3.22. The molecule has 0 bridgehead atoms. The molecule has 0 aliphatic rings. The fourth-order valence-electron chi connectivity index (χ4n) is 2.00. The Bertz CT molecular complexity index is 427. The summed E-state index contributed by atoms with van der Waals surface area (Å²) in [5, 5.41) is 0. The van der Waals surface area contributed by atoms with Gasteiger partial charge < -0.3 is 0 Å². The lowest BCUT2D eigenvalue weighted by Gasteiger charge is -2.26. The van der Waals surface area contributed by atoms with Crippen molar-refractivity contribution in [2.24, 2.45) is 5.92 Å². The Balaban J connectivity index is 2.87. The number of benzene rings is 1. The lowest BCUT2D eigenvalue weighted by molar-refractivity contribution is 0.414. The van der Waals surface area contributed by atoms with Crippen molar-refractivity contribution in [3.63, 3.8) is 0 Å². The van der Waals surface area contributed by atoms with E-state index in [1.807, 2.05) is 0 Å². The molecule has 0 radical (unpaired) electrons. The number of hydrogen-bond donors (Lipinski definition) is 0. The molecule has 98 valence electrons. The van der Waals surface area contributed by atoms with Gasteiger partial charge in [-0.2, -0.15) is 0 Å². The van der Waals surface area contributed by atoms with Crippen LogP contribution >= 0.6 is 0 Å². The van der Waals surface area contributed by atoms with Gasteiger partial charge >= 0.3 is 0 Å². The molecular weight excluding hydrogens is 216 g/mol. The van der Waals surface area contributed by atoms with Gasteiger partial charge in [-0.3, -0.25) is 0 Å². The topological polar surface area (TPSA) is 0 Å². The van der Waals surface area contributed by atoms with Gasteiger partial charge in [0, 0.05) is 12.0 Å². The van der Waals surface area contributed by atoms with E-state index in [0.29, 0.717) is 0 Å². The van der Waals surface area contributed by atoms with E-state index in [4.69, 9.17) is 0 Å². The van der Waals surface area contributed by atoms with Crippen molar-refractivity contribution in [2.75, 3.05) is 0 Å². The van der Waals surface area contributed by atoms with Gasteiger partial charge in [0.25, 0.3) is 0 Å².